The molecule has 2 heterocycles. The number of aromatic nitrogens is 3. The number of fused-ring (bicyclic) bond motifs is 1. The van der Waals surface area contributed by atoms with E-state index in [9.17, 15) is 4.79 Å². The fourth-order valence-corrected chi connectivity index (χ4v) is 2.44. The van der Waals surface area contributed by atoms with Crippen molar-refractivity contribution in [3.63, 3.8) is 0 Å². The lowest BCUT2D eigenvalue weighted by atomic mass is 10.2. The number of para-hydroxylation sites is 2. The number of nitrogens with zero attached hydrogens (tertiary/aromatic N) is 3. The number of hydrogen-bond acceptors (Lipinski definition) is 5. The number of oxazole rings is 1. The summed E-state index contributed by atoms with van der Waals surface area (Å²) in [5.74, 6) is 0.311. The maximum Gasteiger partial charge on any atom is 0.248 e. The molecule has 0 unspecified atom stereocenters. The third kappa shape index (κ3) is 3.49. The Bertz CT molecular complexity index is 1040. The van der Waals surface area contributed by atoms with Crippen molar-refractivity contribution in [2.45, 2.75) is 0 Å². The van der Waals surface area contributed by atoms with Gasteiger partial charge >= 0.3 is 0 Å². The number of carbonyl (C=O) groups excluding carboxylic acids is 1. The van der Waals surface area contributed by atoms with Crippen LogP contribution in [0.25, 0.3) is 28.6 Å². The van der Waals surface area contributed by atoms with Crippen molar-refractivity contribution in [1.82, 2.24) is 15.0 Å². The molecule has 0 spiro atoms. The highest BCUT2D eigenvalue weighted by molar-refractivity contribution is 6.01. The molecule has 0 fully saturated rings. The van der Waals surface area contributed by atoms with Gasteiger partial charge in [-0.05, 0) is 48.5 Å². The predicted octanol–water partition coefficient (Wildman–Crippen LogP) is 3.94. The molecule has 1 amide bonds. The first-order valence-electron chi connectivity index (χ1n) is 7.99. The molecule has 4 rings (SSSR count). The summed E-state index contributed by atoms with van der Waals surface area (Å²) in [7, 11) is 0. The van der Waals surface area contributed by atoms with Crippen LogP contribution in [0.5, 0.6) is 0 Å². The van der Waals surface area contributed by atoms with Crippen molar-refractivity contribution in [3.05, 3.63) is 78.9 Å². The summed E-state index contributed by atoms with van der Waals surface area (Å²) in [5.41, 5.74) is 3.75. The van der Waals surface area contributed by atoms with Crippen LogP contribution in [0.4, 0.5) is 5.69 Å². The molecule has 0 aliphatic heterocycles. The first kappa shape index (κ1) is 15.7. The second kappa shape index (κ2) is 6.98. The first-order chi connectivity index (χ1) is 12.8. The van der Waals surface area contributed by atoms with Crippen LogP contribution in [0.1, 0.15) is 5.69 Å². The molecular weight excluding hydrogens is 328 g/mol. The van der Waals surface area contributed by atoms with E-state index < -0.39 is 0 Å². The Morgan fingerprint density at radius 3 is 2.65 bits per heavy atom. The Morgan fingerprint density at radius 2 is 1.88 bits per heavy atom. The summed E-state index contributed by atoms with van der Waals surface area (Å²) in [6.45, 7) is 0. The lowest BCUT2D eigenvalue weighted by molar-refractivity contribution is -0.111. The molecule has 0 radical (unpaired) electrons. The number of amides is 1. The number of carbonyl (C=O) groups is 1. The zero-order valence-corrected chi connectivity index (χ0v) is 13.7. The van der Waals surface area contributed by atoms with E-state index in [1.54, 1.807) is 30.5 Å². The van der Waals surface area contributed by atoms with Crippen LogP contribution in [0.15, 0.2) is 77.6 Å². The Morgan fingerprint density at radius 1 is 1.04 bits per heavy atom. The quantitative estimate of drug-likeness (QED) is 0.568. The van der Waals surface area contributed by atoms with E-state index in [4.69, 9.17) is 4.42 Å². The molecule has 4 aromatic rings. The minimum absolute atomic E-state index is 0.238. The van der Waals surface area contributed by atoms with Crippen LogP contribution in [0.3, 0.4) is 0 Å². The molecule has 0 atom stereocenters. The molecule has 6 nitrogen and oxygen atoms in total. The van der Waals surface area contributed by atoms with Crippen molar-refractivity contribution in [2.75, 3.05) is 5.32 Å². The third-order valence-electron chi connectivity index (χ3n) is 3.70. The first-order valence-corrected chi connectivity index (χ1v) is 7.99. The van der Waals surface area contributed by atoms with Gasteiger partial charge in [-0.15, -0.1) is 0 Å². The van der Waals surface area contributed by atoms with Gasteiger partial charge in [-0.2, -0.15) is 0 Å². The second-order valence-corrected chi connectivity index (χ2v) is 5.52. The van der Waals surface area contributed by atoms with Gasteiger partial charge in [0.25, 0.3) is 0 Å². The van der Waals surface area contributed by atoms with Crippen LogP contribution in [-0.2, 0) is 4.79 Å². The summed E-state index contributed by atoms with van der Waals surface area (Å²) < 4.78 is 5.74. The van der Waals surface area contributed by atoms with E-state index >= 15 is 0 Å². The second-order valence-electron chi connectivity index (χ2n) is 5.52. The number of anilines is 1. The molecule has 26 heavy (non-hydrogen) atoms. The molecule has 6 heteroatoms. The summed E-state index contributed by atoms with van der Waals surface area (Å²) in [4.78, 5) is 24.3. The Balaban J connectivity index is 1.45. The van der Waals surface area contributed by atoms with E-state index in [1.807, 2.05) is 36.4 Å². The van der Waals surface area contributed by atoms with Gasteiger partial charge in [0.2, 0.25) is 11.8 Å². The summed E-state index contributed by atoms with van der Waals surface area (Å²) >= 11 is 0. The number of nitrogens with one attached hydrogen (secondary N) is 1. The molecule has 1 N–H and O–H groups in total. The van der Waals surface area contributed by atoms with Gasteiger partial charge in [-0.25, -0.2) is 15.0 Å². The zero-order valence-electron chi connectivity index (χ0n) is 13.7. The zero-order chi connectivity index (χ0) is 17.8. The average molecular weight is 342 g/mol. The van der Waals surface area contributed by atoms with Crippen LogP contribution in [0, 0.1) is 0 Å². The van der Waals surface area contributed by atoms with E-state index in [0.29, 0.717) is 17.3 Å². The SMILES string of the molecule is O=C(/C=C/c1ccncn1)Nc1ccc(-c2nc3ccccc3o2)cc1. The van der Waals surface area contributed by atoms with Crippen molar-refractivity contribution < 1.29 is 9.21 Å². The van der Waals surface area contributed by atoms with Crippen LogP contribution < -0.4 is 5.32 Å². The molecular formula is C20H14N4O2. The van der Waals surface area contributed by atoms with Gasteiger partial charge in [0.05, 0.1) is 5.69 Å². The highest BCUT2D eigenvalue weighted by atomic mass is 16.3. The standard InChI is InChI=1S/C20H14N4O2/c25-19(10-9-15-11-12-21-13-22-15)23-16-7-5-14(6-8-16)20-24-17-3-1-2-4-18(17)26-20/h1-13H,(H,23,25)/b10-9+. The van der Waals surface area contributed by atoms with E-state index in [0.717, 1.165) is 16.7 Å². The maximum absolute atomic E-state index is 12.0. The van der Waals surface area contributed by atoms with Gasteiger partial charge in [0.1, 0.15) is 11.8 Å². The van der Waals surface area contributed by atoms with Gasteiger partial charge in [-0.1, -0.05) is 12.1 Å². The van der Waals surface area contributed by atoms with E-state index in [1.165, 1.54) is 12.4 Å². The molecule has 126 valence electrons. The number of rotatable bonds is 4. The Labute approximate surface area is 149 Å². The lowest BCUT2D eigenvalue weighted by Crippen LogP contribution is -2.07. The molecule has 0 bridgehead atoms. The number of hydrogen-bond donors (Lipinski definition) is 1. The topological polar surface area (TPSA) is 80.9 Å². The minimum Gasteiger partial charge on any atom is -0.436 e. The van der Waals surface area contributed by atoms with Gasteiger partial charge in [0, 0.05) is 23.5 Å². The minimum atomic E-state index is -0.238. The van der Waals surface area contributed by atoms with Gasteiger partial charge in [-0.3, -0.25) is 4.79 Å². The number of benzene rings is 2. The molecule has 0 saturated carbocycles. The molecule has 0 aliphatic rings. The van der Waals surface area contributed by atoms with E-state index in [2.05, 4.69) is 20.3 Å². The predicted molar refractivity (Wildman–Crippen MR) is 99.1 cm³/mol. The molecule has 0 aliphatic carbocycles. The highest BCUT2D eigenvalue weighted by Crippen LogP contribution is 2.25. The summed E-state index contributed by atoms with van der Waals surface area (Å²) in [6.07, 6.45) is 6.11. The summed E-state index contributed by atoms with van der Waals surface area (Å²) in [5, 5.41) is 2.80. The summed E-state index contributed by atoms with van der Waals surface area (Å²) in [6, 6.07) is 16.7. The largest absolute Gasteiger partial charge is 0.436 e. The maximum atomic E-state index is 12.0. The normalized spacial score (nSPS) is 11.1. The third-order valence-corrected chi connectivity index (χ3v) is 3.70. The van der Waals surface area contributed by atoms with Crippen LogP contribution >= 0.6 is 0 Å². The van der Waals surface area contributed by atoms with Crippen molar-refractivity contribution in [3.8, 4) is 11.5 Å². The molecule has 2 aromatic heterocycles. The van der Waals surface area contributed by atoms with Crippen molar-refractivity contribution >= 4 is 28.8 Å². The monoisotopic (exact) mass is 342 g/mol. The van der Waals surface area contributed by atoms with Crippen LogP contribution in [-0.4, -0.2) is 20.9 Å². The Hall–Kier alpha value is -3.80. The van der Waals surface area contributed by atoms with Crippen molar-refractivity contribution in [1.29, 1.82) is 0 Å². The average Bonchev–Trinajstić information content (AvgIpc) is 3.12. The lowest BCUT2D eigenvalue weighted by Gasteiger charge is -2.02. The van der Waals surface area contributed by atoms with Crippen LogP contribution in [0.2, 0.25) is 0 Å². The van der Waals surface area contributed by atoms with Gasteiger partial charge < -0.3 is 9.73 Å². The molecule has 0 saturated heterocycles. The fraction of sp³-hybridized carbons (Fsp3) is 0. The van der Waals surface area contributed by atoms with Crippen molar-refractivity contribution in [2.24, 2.45) is 0 Å². The van der Waals surface area contributed by atoms with E-state index in [-0.39, 0.29) is 5.91 Å². The smallest absolute Gasteiger partial charge is 0.248 e. The molecule has 2 aromatic carbocycles. The highest BCUT2D eigenvalue weighted by Gasteiger charge is 2.07. The van der Waals surface area contributed by atoms with Gasteiger partial charge in [0.15, 0.2) is 5.58 Å². The fourth-order valence-electron chi connectivity index (χ4n) is 2.44. The Kier molecular flexibility index (Phi) is 4.22.